The lowest BCUT2D eigenvalue weighted by Crippen LogP contribution is -2.00. The number of ether oxygens (including phenoxy) is 3. The van der Waals surface area contributed by atoms with Crippen molar-refractivity contribution in [2.24, 2.45) is 0 Å². The summed E-state index contributed by atoms with van der Waals surface area (Å²) in [6.07, 6.45) is 1.82. The summed E-state index contributed by atoms with van der Waals surface area (Å²) in [6, 6.07) is 7.89. The van der Waals surface area contributed by atoms with Gasteiger partial charge in [0.15, 0.2) is 11.5 Å². The molecule has 104 valence electrons. The van der Waals surface area contributed by atoms with Crippen LogP contribution in [0.1, 0.15) is 11.3 Å². The molecule has 20 heavy (non-hydrogen) atoms. The molecule has 5 heteroatoms. The number of fused-ring (bicyclic) bond motifs is 1. The molecule has 1 aromatic carbocycles. The van der Waals surface area contributed by atoms with Crippen molar-refractivity contribution in [3.63, 3.8) is 0 Å². The van der Waals surface area contributed by atoms with Gasteiger partial charge in [0, 0.05) is 12.2 Å². The number of hydrogen-bond acceptors (Lipinski definition) is 5. The second kappa shape index (κ2) is 5.28. The van der Waals surface area contributed by atoms with Crippen molar-refractivity contribution in [2.45, 2.75) is 13.5 Å². The fourth-order valence-corrected chi connectivity index (χ4v) is 2.06. The van der Waals surface area contributed by atoms with Crippen LogP contribution in [0.15, 0.2) is 30.5 Å². The number of aromatic nitrogens is 1. The van der Waals surface area contributed by atoms with Gasteiger partial charge in [-0.2, -0.15) is 0 Å². The Balaban J connectivity index is 1.76. The summed E-state index contributed by atoms with van der Waals surface area (Å²) in [5.41, 5.74) is 3.04. The third-order valence-corrected chi connectivity index (χ3v) is 3.13. The highest BCUT2D eigenvalue weighted by molar-refractivity contribution is 5.55. The van der Waals surface area contributed by atoms with E-state index in [2.05, 4.69) is 10.3 Å². The third-order valence-electron chi connectivity index (χ3n) is 3.13. The van der Waals surface area contributed by atoms with E-state index >= 15 is 0 Å². The van der Waals surface area contributed by atoms with Crippen LogP contribution in [-0.2, 0) is 6.54 Å². The van der Waals surface area contributed by atoms with Crippen molar-refractivity contribution in [2.75, 3.05) is 19.2 Å². The largest absolute Gasteiger partial charge is 0.493 e. The van der Waals surface area contributed by atoms with Gasteiger partial charge < -0.3 is 19.5 Å². The molecule has 1 aliphatic heterocycles. The quantitative estimate of drug-likeness (QED) is 0.927. The molecule has 0 saturated carbocycles. The highest BCUT2D eigenvalue weighted by Gasteiger charge is 2.19. The van der Waals surface area contributed by atoms with Crippen molar-refractivity contribution < 1.29 is 14.2 Å². The smallest absolute Gasteiger partial charge is 0.231 e. The van der Waals surface area contributed by atoms with Gasteiger partial charge in [-0.15, -0.1) is 0 Å². The van der Waals surface area contributed by atoms with Crippen LogP contribution >= 0.6 is 0 Å². The van der Waals surface area contributed by atoms with Gasteiger partial charge in [0.05, 0.1) is 19.0 Å². The van der Waals surface area contributed by atoms with Gasteiger partial charge in [0.2, 0.25) is 12.5 Å². The molecule has 0 atom stereocenters. The molecule has 2 aromatic rings. The van der Waals surface area contributed by atoms with Gasteiger partial charge >= 0.3 is 0 Å². The number of hydrogen-bond donors (Lipinski definition) is 1. The topological polar surface area (TPSA) is 52.6 Å². The van der Waals surface area contributed by atoms with E-state index < -0.39 is 0 Å². The number of anilines is 1. The van der Waals surface area contributed by atoms with Gasteiger partial charge in [0.1, 0.15) is 0 Å². The Morgan fingerprint density at radius 3 is 2.95 bits per heavy atom. The number of nitrogens with zero attached hydrogens (tertiary/aromatic N) is 1. The van der Waals surface area contributed by atoms with Gasteiger partial charge in [-0.3, -0.25) is 4.98 Å². The average Bonchev–Trinajstić information content (AvgIpc) is 2.94. The minimum Gasteiger partial charge on any atom is -0.493 e. The predicted molar refractivity (Wildman–Crippen MR) is 75.4 cm³/mol. The first-order valence-electron chi connectivity index (χ1n) is 6.39. The molecule has 0 amide bonds. The highest BCUT2D eigenvalue weighted by Crippen LogP contribution is 2.41. The van der Waals surface area contributed by atoms with E-state index in [1.54, 1.807) is 7.11 Å². The standard InChI is InChI=1S/C15H16N2O3/c1-10-3-4-12(8-16-10)17-7-11-5-13(18-2)15-14(6-11)19-9-20-15/h3-6,8,17H,7,9H2,1-2H3. The Morgan fingerprint density at radius 2 is 2.20 bits per heavy atom. The summed E-state index contributed by atoms with van der Waals surface area (Å²) in [4.78, 5) is 4.25. The average molecular weight is 272 g/mol. The zero-order valence-corrected chi connectivity index (χ0v) is 11.5. The molecule has 2 heterocycles. The van der Waals surface area contributed by atoms with Crippen molar-refractivity contribution in [3.05, 3.63) is 41.7 Å². The van der Waals surface area contributed by atoms with Crippen LogP contribution in [0.4, 0.5) is 5.69 Å². The Bertz CT molecular complexity index is 611. The van der Waals surface area contributed by atoms with E-state index in [1.165, 1.54) is 0 Å². The van der Waals surface area contributed by atoms with Crippen molar-refractivity contribution in [1.29, 1.82) is 0 Å². The molecule has 3 rings (SSSR count). The van der Waals surface area contributed by atoms with E-state index in [9.17, 15) is 0 Å². The summed E-state index contributed by atoms with van der Waals surface area (Å²) < 4.78 is 16.1. The van der Waals surface area contributed by atoms with E-state index in [0.717, 1.165) is 22.7 Å². The highest BCUT2D eigenvalue weighted by atomic mass is 16.7. The fourth-order valence-electron chi connectivity index (χ4n) is 2.06. The lowest BCUT2D eigenvalue weighted by atomic mass is 10.2. The van der Waals surface area contributed by atoms with Crippen molar-refractivity contribution >= 4 is 5.69 Å². The second-order valence-electron chi connectivity index (χ2n) is 4.57. The van der Waals surface area contributed by atoms with E-state index in [4.69, 9.17) is 14.2 Å². The van der Waals surface area contributed by atoms with Crippen LogP contribution in [0.5, 0.6) is 17.2 Å². The molecule has 0 spiro atoms. The van der Waals surface area contributed by atoms with Gasteiger partial charge in [-0.25, -0.2) is 0 Å². The number of methoxy groups -OCH3 is 1. The van der Waals surface area contributed by atoms with Crippen LogP contribution in [0.3, 0.4) is 0 Å². The zero-order chi connectivity index (χ0) is 13.9. The van der Waals surface area contributed by atoms with Crippen molar-refractivity contribution in [1.82, 2.24) is 4.98 Å². The normalized spacial score (nSPS) is 12.3. The summed E-state index contributed by atoms with van der Waals surface area (Å²) >= 11 is 0. The molecule has 0 unspecified atom stereocenters. The number of pyridine rings is 1. The molecular formula is C15H16N2O3. The maximum atomic E-state index is 5.41. The lowest BCUT2D eigenvalue weighted by molar-refractivity contribution is 0.171. The van der Waals surface area contributed by atoms with Crippen LogP contribution in [-0.4, -0.2) is 18.9 Å². The first-order chi connectivity index (χ1) is 9.76. The van der Waals surface area contributed by atoms with Crippen molar-refractivity contribution in [3.8, 4) is 17.2 Å². The Hall–Kier alpha value is -2.43. The number of rotatable bonds is 4. The maximum absolute atomic E-state index is 5.41. The fraction of sp³-hybridized carbons (Fsp3) is 0.267. The van der Waals surface area contributed by atoms with Crippen LogP contribution in [0.2, 0.25) is 0 Å². The molecule has 0 radical (unpaired) electrons. The lowest BCUT2D eigenvalue weighted by Gasteiger charge is -2.10. The monoisotopic (exact) mass is 272 g/mol. The molecule has 0 saturated heterocycles. The van der Waals surface area contributed by atoms with Gasteiger partial charge in [-0.1, -0.05) is 0 Å². The van der Waals surface area contributed by atoms with Gasteiger partial charge in [0.25, 0.3) is 0 Å². The van der Waals surface area contributed by atoms with Crippen LogP contribution in [0, 0.1) is 6.92 Å². The molecule has 1 aromatic heterocycles. The zero-order valence-electron chi connectivity index (χ0n) is 11.5. The number of benzene rings is 1. The SMILES string of the molecule is COc1cc(CNc2ccc(C)nc2)cc2c1OCO2. The molecule has 0 fully saturated rings. The summed E-state index contributed by atoms with van der Waals surface area (Å²) in [5, 5.41) is 3.32. The van der Waals surface area contributed by atoms with Crippen LogP contribution in [0.25, 0.3) is 0 Å². The summed E-state index contributed by atoms with van der Waals surface area (Å²) in [5.74, 6) is 2.09. The summed E-state index contributed by atoms with van der Waals surface area (Å²) in [6.45, 7) is 2.87. The number of aryl methyl sites for hydroxylation is 1. The van der Waals surface area contributed by atoms with Crippen LogP contribution < -0.4 is 19.5 Å². The third kappa shape index (κ3) is 2.47. The van der Waals surface area contributed by atoms with Gasteiger partial charge in [-0.05, 0) is 36.8 Å². The molecule has 0 bridgehead atoms. The molecule has 1 aliphatic rings. The summed E-state index contributed by atoms with van der Waals surface area (Å²) in [7, 11) is 1.62. The first-order valence-corrected chi connectivity index (χ1v) is 6.39. The van der Waals surface area contributed by atoms with E-state index in [-0.39, 0.29) is 6.79 Å². The molecule has 1 N–H and O–H groups in total. The molecular weight excluding hydrogens is 256 g/mol. The van der Waals surface area contributed by atoms with E-state index in [1.807, 2.05) is 37.4 Å². The Kier molecular flexibility index (Phi) is 3.33. The predicted octanol–water partition coefficient (Wildman–Crippen LogP) is 2.74. The molecule has 5 nitrogen and oxygen atoms in total. The maximum Gasteiger partial charge on any atom is 0.231 e. The minimum atomic E-state index is 0.241. The number of nitrogens with one attached hydrogen (secondary N) is 1. The first kappa shape index (κ1) is 12.6. The Labute approximate surface area is 117 Å². The minimum absolute atomic E-state index is 0.241. The van der Waals surface area contributed by atoms with E-state index in [0.29, 0.717) is 18.0 Å². The molecule has 0 aliphatic carbocycles. The Morgan fingerprint density at radius 1 is 1.30 bits per heavy atom. The second-order valence-corrected chi connectivity index (χ2v) is 4.57.